The molecule has 1 fully saturated rings. The summed E-state index contributed by atoms with van der Waals surface area (Å²) in [4.78, 5) is 37.0. The average Bonchev–Trinajstić information content (AvgIpc) is 2.84. The van der Waals surface area contributed by atoms with E-state index in [-0.39, 0.29) is 18.9 Å². The fourth-order valence-corrected chi connectivity index (χ4v) is 2.59. The molecule has 0 unspecified atom stereocenters. The van der Waals surface area contributed by atoms with Crippen LogP contribution in [-0.4, -0.2) is 54.8 Å². The SMILES string of the molecule is COc1ccc(OC)c(/C(C)=N\NC(=O)CCN2C(=O)NC(C)(C)C2=O)c1. The van der Waals surface area contributed by atoms with Crippen LogP contribution < -0.4 is 20.2 Å². The Balaban J connectivity index is 1.98. The topological polar surface area (TPSA) is 109 Å². The third-order valence-electron chi connectivity index (χ3n) is 4.15. The molecule has 0 spiro atoms. The molecule has 1 aliphatic heterocycles. The first-order chi connectivity index (χ1) is 12.7. The number of methoxy groups -OCH3 is 2. The van der Waals surface area contributed by atoms with E-state index in [4.69, 9.17) is 9.47 Å². The number of hydrogen-bond acceptors (Lipinski definition) is 6. The lowest BCUT2D eigenvalue weighted by Gasteiger charge is -2.15. The molecular formula is C18H24N4O5. The van der Waals surface area contributed by atoms with Crippen LogP contribution in [0, 0.1) is 0 Å². The van der Waals surface area contributed by atoms with Gasteiger partial charge < -0.3 is 14.8 Å². The number of hydrazone groups is 1. The third kappa shape index (κ3) is 4.55. The van der Waals surface area contributed by atoms with Crippen molar-refractivity contribution in [2.75, 3.05) is 20.8 Å². The van der Waals surface area contributed by atoms with Crippen LogP contribution in [0.1, 0.15) is 32.8 Å². The fourth-order valence-electron chi connectivity index (χ4n) is 2.59. The monoisotopic (exact) mass is 376 g/mol. The normalized spacial score (nSPS) is 16.2. The van der Waals surface area contributed by atoms with Crippen LogP contribution in [-0.2, 0) is 9.59 Å². The third-order valence-corrected chi connectivity index (χ3v) is 4.15. The molecule has 0 radical (unpaired) electrons. The highest BCUT2D eigenvalue weighted by Crippen LogP contribution is 2.24. The molecule has 4 amide bonds. The number of carbonyl (C=O) groups is 3. The zero-order valence-electron chi connectivity index (χ0n) is 16.1. The second-order valence-corrected chi connectivity index (χ2v) is 6.56. The second kappa shape index (κ2) is 8.07. The van der Waals surface area contributed by atoms with Crippen LogP contribution in [0.15, 0.2) is 23.3 Å². The van der Waals surface area contributed by atoms with Crippen molar-refractivity contribution in [3.05, 3.63) is 23.8 Å². The molecule has 9 nitrogen and oxygen atoms in total. The summed E-state index contributed by atoms with van der Waals surface area (Å²) in [6, 6.07) is 4.75. The standard InChI is InChI=1S/C18H24N4O5/c1-11(13-10-12(26-4)6-7-14(13)27-5)20-21-15(23)8-9-22-16(24)18(2,3)19-17(22)25/h6-7,10H,8-9H2,1-5H3,(H,19,25)(H,21,23)/b20-11-. The van der Waals surface area contributed by atoms with Crippen molar-refractivity contribution in [2.24, 2.45) is 5.10 Å². The van der Waals surface area contributed by atoms with E-state index < -0.39 is 17.5 Å². The van der Waals surface area contributed by atoms with Gasteiger partial charge in [0, 0.05) is 18.5 Å². The Labute approximate surface area is 157 Å². The lowest BCUT2D eigenvalue weighted by molar-refractivity contribution is -0.130. The number of hydrogen-bond donors (Lipinski definition) is 2. The van der Waals surface area contributed by atoms with Crippen molar-refractivity contribution in [1.29, 1.82) is 0 Å². The van der Waals surface area contributed by atoms with Gasteiger partial charge in [0.25, 0.3) is 5.91 Å². The molecule has 9 heteroatoms. The van der Waals surface area contributed by atoms with Gasteiger partial charge in [0.2, 0.25) is 5.91 Å². The number of urea groups is 1. The quantitative estimate of drug-likeness (QED) is 0.423. The molecule has 1 aromatic carbocycles. The maximum atomic E-state index is 12.1. The van der Waals surface area contributed by atoms with E-state index in [0.29, 0.717) is 22.8 Å². The van der Waals surface area contributed by atoms with Crippen molar-refractivity contribution in [2.45, 2.75) is 32.7 Å². The number of benzene rings is 1. The largest absolute Gasteiger partial charge is 0.497 e. The Kier molecular flexibility index (Phi) is 6.04. The van der Waals surface area contributed by atoms with Crippen molar-refractivity contribution in [3.63, 3.8) is 0 Å². The first-order valence-corrected chi connectivity index (χ1v) is 8.39. The molecule has 0 aromatic heterocycles. The Bertz CT molecular complexity index is 788. The van der Waals surface area contributed by atoms with Crippen molar-refractivity contribution in [3.8, 4) is 11.5 Å². The molecule has 1 aliphatic rings. The van der Waals surface area contributed by atoms with Crippen LogP contribution in [0.3, 0.4) is 0 Å². The lowest BCUT2D eigenvalue weighted by atomic mass is 10.1. The number of nitrogens with zero attached hydrogens (tertiary/aromatic N) is 2. The van der Waals surface area contributed by atoms with Gasteiger partial charge in [-0.15, -0.1) is 0 Å². The van der Waals surface area contributed by atoms with E-state index in [0.717, 1.165) is 4.90 Å². The molecule has 1 heterocycles. The van der Waals surface area contributed by atoms with Crippen LogP contribution >= 0.6 is 0 Å². The predicted octanol–water partition coefficient (Wildman–Crippen LogP) is 1.26. The van der Waals surface area contributed by atoms with E-state index in [9.17, 15) is 14.4 Å². The molecule has 0 bridgehead atoms. The Morgan fingerprint density at radius 1 is 1.26 bits per heavy atom. The van der Waals surface area contributed by atoms with E-state index in [1.165, 1.54) is 7.11 Å². The van der Waals surface area contributed by atoms with Gasteiger partial charge in [0.15, 0.2) is 0 Å². The Morgan fingerprint density at radius 3 is 2.52 bits per heavy atom. The second-order valence-electron chi connectivity index (χ2n) is 6.56. The van der Waals surface area contributed by atoms with Gasteiger partial charge >= 0.3 is 6.03 Å². The summed E-state index contributed by atoms with van der Waals surface area (Å²) >= 11 is 0. The van der Waals surface area contributed by atoms with Crippen molar-refractivity contribution in [1.82, 2.24) is 15.6 Å². The maximum Gasteiger partial charge on any atom is 0.325 e. The minimum absolute atomic E-state index is 0.0169. The van der Waals surface area contributed by atoms with Gasteiger partial charge in [-0.1, -0.05) is 0 Å². The first-order valence-electron chi connectivity index (χ1n) is 8.39. The van der Waals surface area contributed by atoms with E-state index in [2.05, 4.69) is 15.8 Å². The van der Waals surface area contributed by atoms with Crippen LogP contribution in [0.2, 0.25) is 0 Å². The van der Waals surface area contributed by atoms with Crippen molar-refractivity contribution < 1.29 is 23.9 Å². The number of carbonyl (C=O) groups excluding carboxylic acids is 3. The molecule has 0 atom stereocenters. The number of nitrogens with one attached hydrogen (secondary N) is 2. The summed E-state index contributed by atoms with van der Waals surface area (Å²) in [6.45, 7) is 4.93. The molecular weight excluding hydrogens is 352 g/mol. The molecule has 0 saturated carbocycles. The van der Waals surface area contributed by atoms with Crippen molar-refractivity contribution >= 4 is 23.6 Å². The zero-order chi connectivity index (χ0) is 20.2. The van der Waals surface area contributed by atoms with E-state index in [1.807, 2.05) is 0 Å². The molecule has 146 valence electrons. The summed E-state index contributed by atoms with van der Waals surface area (Å²) in [6.07, 6.45) is -0.0543. The van der Waals surface area contributed by atoms with Gasteiger partial charge in [0.1, 0.15) is 17.0 Å². The minimum Gasteiger partial charge on any atom is -0.497 e. The number of ether oxygens (including phenoxy) is 2. The smallest absolute Gasteiger partial charge is 0.325 e. The molecule has 0 aliphatic carbocycles. The molecule has 1 saturated heterocycles. The molecule has 27 heavy (non-hydrogen) atoms. The van der Waals surface area contributed by atoms with Gasteiger partial charge in [-0.05, 0) is 39.0 Å². The summed E-state index contributed by atoms with van der Waals surface area (Å²) in [7, 11) is 3.09. The number of rotatable bonds is 7. The Morgan fingerprint density at radius 2 is 1.96 bits per heavy atom. The highest BCUT2D eigenvalue weighted by atomic mass is 16.5. The first kappa shape index (κ1) is 20.2. The van der Waals surface area contributed by atoms with Crippen LogP contribution in [0.4, 0.5) is 4.79 Å². The summed E-state index contributed by atoms with van der Waals surface area (Å²) in [5.74, 6) is 0.448. The average molecular weight is 376 g/mol. The van der Waals surface area contributed by atoms with Gasteiger partial charge in [-0.2, -0.15) is 5.10 Å². The van der Waals surface area contributed by atoms with Gasteiger partial charge in [-0.3, -0.25) is 14.5 Å². The van der Waals surface area contributed by atoms with Gasteiger partial charge in [-0.25, -0.2) is 10.2 Å². The molecule has 2 rings (SSSR count). The lowest BCUT2D eigenvalue weighted by Crippen LogP contribution is -2.40. The number of amides is 4. The molecule has 2 N–H and O–H groups in total. The highest BCUT2D eigenvalue weighted by Gasteiger charge is 2.43. The van der Waals surface area contributed by atoms with Crippen LogP contribution in [0.25, 0.3) is 0 Å². The number of imide groups is 1. The highest BCUT2D eigenvalue weighted by molar-refractivity contribution is 6.06. The summed E-state index contributed by atoms with van der Waals surface area (Å²) in [5.41, 5.74) is 2.67. The summed E-state index contributed by atoms with van der Waals surface area (Å²) < 4.78 is 10.5. The fraction of sp³-hybridized carbons (Fsp3) is 0.444. The minimum atomic E-state index is -0.953. The summed E-state index contributed by atoms with van der Waals surface area (Å²) in [5, 5.41) is 6.63. The Hall–Kier alpha value is -3.10. The molecule has 1 aromatic rings. The van der Waals surface area contributed by atoms with E-state index >= 15 is 0 Å². The van der Waals surface area contributed by atoms with Crippen LogP contribution in [0.5, 0.6) is 11.5 Å². The predicted molar refractivity (Wildman–Crippen MR) is 98.8 cm³/mol. The van der Waals surface area contributed by atoms with Gasteiger partial charge in [0.05, 0.1) is 19.9 Å². The maximum absolute atomic E-state index is 12.1. The van der Waals surface area contributed by atoms with E-state index in [1.54, 1.807) is 46.1 Å². The zero-order valence-corrected chi connectivity index (χ0v) is 16.1.